The smallest absolute Gasteiger partial charge is 0.246 e. The van der Waals surface area contributed by atoms with Gasteiger partial charge in [0.25, 0.3) is 0 Å². The second kappa shape index (κ2) is 9.19. The van der Waals surface area contributed by atoms with E-state index >= 15 is 0 Å². The Morgan fingerprint density at radius 1 is 1.07 bits per heavy atom. The maximum absolute atomic E-state index is 11.5. The molecule has 6 nitrogen and oxygen atoms in total. The van der Waals surface area contributed by atoms with Crippen molar-refractivity contribution in [2.75, 3.05) is 13.7 Å². The number of hydrogen-bond acceptors (Lipinski definition) is 5. The summed E-state index contributed by atoms with van der Waals surface area (Å²) in [4.78, 5) is 25.0. The lowest BCUT2D eigenvalue weighted by molar-refractivity contribution is -0.124. The van der Waals surface area contributed by atoms with Crippen molar-refractivity contribution in [3.8, 4) is 22.4 Å². The third kappa shape index (κ3) is 4.78. The number of pyridine rings is 1. The first-order valence-electron chi connectivity index (χ1n) is 9.20. The summed E-state index contributed by atoms with van der Waals surface area (Å²) in [6.07, 6.45) is 5.41. The van der Waals surface area contributed by atoms with Crippen molar-refractivity contribution in [3.05, 3.63) is 66.4 Å². The molecule has 28 heavy (non-hydrogen) atoms. The summed E-state index contributed by atoms with van der Waals surface area (Å²) in [5.74, 6) is 0.910. The Bertz CT molecular complexity index is 925. The van der Waals surface area contributed by atoms with E-state index in [4.69, 9.17) is 9.72 Å². The van der Waals surface area contributed by atoms with E-state index in [0.717, 1.165) is 33.8 Å². The summed E-state index contributed by atoms with van der Waals surface area (Å²) in [5.41, 5.74) is 4.89. The third-order valence-corrected chi connectivity index (χ3v) is 4.31. The molecule has 144 valence electrons. The quantitative estimate of drug-likeness (QED) is 0.682. The minimum atomic E-state index is -0.135. The lowest BCUT2D eigenvalue weighted by Gasteiger charge is -2.13. The first-order chi connectivity index (χ1) is 13.6. The number of methoxy groups -OCH3 is 1. The Kier molecular flexibility index (Phi) is 6.45. The largest absolute Gasteiger partial charge is 0.375 e. The molecule has 0 radical (unpaired) electrons. The van der Waals surface area contributed by atoms with Crippen LogP contribution in [-0.2, 0) is 16.1 Å². The topological polar surface area (TPSA) is 77.0 Å². The molecule has 6 heteroatoms. The third-order valence-electron chi connectivity index (χ3n) is 4.31. The van der Waals surface area contributed by atoms with Crippen LogP contribution < -0.4 is 5.32 Å². The van der Waals surface area contributed by atoms with E-state index in [1.807, 2.05) is 42.6 Å². The average molecular weight is 376 g/mol. The van der Waals surface area contributed by atoms with Gasteiger partial charge < -0.3 is 10.1 Å². The number of amides is 1. The van der Waals surface area contributed by atoms with E-state index < -0.39 is 0 Å². The van der Waals surface area contributed by atoms with Gasteiger partial charge in [-0.05, 0) is 23.3 Å². The number of ether oxygens (including phenoxy) is 1. The van der Waals surface area contributed by atoms with Gasteiger partial charge in [0, 0.05) is 49.3 Å². The molecule has 3 aromatic rings. The Hall–Kier alpha value is -3.12. The highest BCUT2D eigenvalue weighted by molar-refractivity contribution is 5.80. The van der Waals surface area contributed by atoms with Crippen LogP contribution in [0.1, 0.15) is 31.2 Å². The van der Waals surface area contributed by atoms with Crippen molar-refractivity contribution >= 4 is 5.91 Å². The van der Waals surface area contributed by atoms with Crippen LogP contribution >= 0.6 is 0 Å². The summed E-state index contributed by atoms with van der Waals surface area (Å²) in [5, 5.41) is 2.82. The minimum absolute atomic E-state index is 0.0618. The molecule has 0 aliphatic rings. The van der Waals surface area contributed by atoms with Gasteiger partial charge in [0.2, 0.25) is 5.91 Å². The SMILES string of the molecule is COCC(=O)NCc1ccc(-c2nc(C(C)C)ncc2-c2ccncc2)cc1. The van der Waals surface area contributed by atoms with Crippen molar-refractivity contribution in [1.82, 2.24) is 20.3 Å². The normalized spacial score (nSPS) is 10.9. The fourth-order valence-electron chi connectivity index (χ4n) is 2.80. The number of carbonyl (C=O) groups excluding carboxylic acids is 1. The Labute approximate surface area is 165 Å². The second-order valence-electron chi connectivity index (χ2n) is 6.79. The number of aromatic nitrogens is 3. The molecule has 1 aromatic carbocycles. The molecule has 1 amide bonds. The second-order valence-corrected chi connectivity index (χ2v) is 6.79. The van der Waals surface area contributed by atoms with Crippen molar-refractivity contribution in [2.45, 2.75) is 26.3 Å². The van der Waals surface area contributed by atoms with E-state index in [9.17, 15) is 4.79 Å². The van der Waals surface area contributed by atoms with Crippen molar-refractivity contribution < 1.29 is 9.53 Å². The van der Waals surface area contributed by atoms with Crippen molar-refractivity contribution in [1.29, 1.82) is 0 Å². The number of hydrogen-bond donors (Lipinski definition) is 1. The number of nitrogens with one attached hydrogen (secondary N) is 1. The van der Waals surface area contributed by atoms with Gasteiger partial charge in [-0.25, -0.2) is 9.97 Å². The summed E-state index contributed by atoms with van der Waals surface area (Å²) in [7, 11) is 1.50. The predicted molar refractivity (Wildman–Crippen MR) is 109 cm³/mol. The molecular formula is C22H24N4O2. The Morgan fingerprint density at radius 3 is 2.43 bits per heavy atom. The lowest BCUT2D eigenvalue weighted by atomic mass is 10.00. The Balaban J connectivity index is 1.91. The summed E-state index contributed by atoms with van der Waals surface area (Å²) in [6.45, 7) is 4.68. The highest BCUT2D eigenvalue weighted by Gasteiger charge is 2.13. The monoisotopic (exact) mass is 376 g/mol. The van der Waals surface area contributed by atoms with Crippen molar-refractivity contribution in [2.24, 2.45) is 0 Å². The van der Waals surface area contributed by atoms with Gasteiger partial charge in [-0.3, -0.25) is 9.78 Å². The van der Waals surface area contributed by atoms with E-state index in [1.165, 1.54) is 7.11 Å². The maximum atomic E-state index is 11.5. The Morgan fingerprint density at radius 2 is 1.79 bits per heavy atom. The zero-order valence-electron chi connectivity index (χ0n) is 16.3. The molecule has 2 heterocycles. The molecule has 0 aliphatic heterocycles. The number of benzene rings is 1. The lowest BCUT2D eigenvalue weighted by Crippen LogP contribution is -2.26. The minimum Gasteiger partial charge on any atom is -0.375 e. The highest BCUT2D eigenvalue weighted by Crippen LogP contribution is 2.31. The van der Waals surface area contributed by atoms with Crippen LogP contribution in [0.3, 0.4) is 0 Å². The summed E-state index contributed by atoms with van der Waals surface area (Å²) in [6, 6.07) is 11.9. The summed E-state index contributed by atoms with van der Waals surface area (Å²) < 4.78 is 4.82. The molecule has 2 aromatic heterocycles. The highest BCUT2D eigenvalue weighted by atomic mass is 16.5. The van der Waals surface area contributed by atoms with Crippen molar-refractivity contribution in [3.63, 3.8) is 0 Å². The van der Waals surface area contributed by atoms with Crippen LogP contribution in [0.4, 0.5) is 0 Å². The number of carbonyl (C=O) groups is 1. The molecule has 3 rings (SSSR count). The number of rotatable bonds is 7. The van der Waals surface area contributed by atoms with Crippen LogP contribution in [0.2, 0.25) is 0 Å². The fourth-order valence-corrected chi connectivity index (χ4v) is 2.80. The first-order valence-corrected chi connectivity index (χ1v) is 9.20. The van der Waals surface area contributed by atoms with Crippen LogP contribution in [-0.4, -0.2) is 34.6 Å². The molecule has 0 unspecified atom stereocenters. The van der Waals surface area contributed by atoms with Gasteiger partial charge in [-0.1, -0.05) is 38.1 Å². The zero-order chi connectivity index (χ0) is 19.9. The fraction of sp³-hybridized carbons (Fsp3) is 0.273. The molecular weight excluding hydrogens is 352 g/mol. The predicted octanol–water partition coefficient (Wildman–Crippen LogP) is 3.59. The van der Waals surface area contributed by atoms with Gasteiger partial charge in [0.05, 0.1) is 5.69 Å². The van der Waals surface area contributed by atoms with Gasteiger partial charge in [-0.15, -0.1) is 0 Å². The van der Waals surface area contributed by atoms with E-state index in [-0.39, 0.29) is 18.4 Å². The van der Waals surface area contributed by atoms with E-state index in [2.05, 4.69) is 29.1 Å². The van der Waals surface area contributed by atoms with Gasteiger partial charge in [0.15, 0.2) is 0 Å². The molecule has 0 saturated carbocycles. The standard InChI is InChI=1S/C22H24N4O2/c1-15(2)22-25-13-19(17-8-10-23-11-9-17)21(26-22)18-6-4-16(5-7-18)12-24-20(27)14-28-3/h4-11,13,15H,12,14H2,1-3H3,(H,24,27). The van der Waals surface area contributed by atoms with Gasteiger partial charge in [-0.2, -0.15) is 0 Å². The van der Waals surface area contributed by atoms with Crippen LogP contribution in [0, 0.1) is 0 Å². The van der Waals surface area contributed by atoms with Crippen LogP contribution in [0.5, 0.6) is 0 Å². The molecule has 0 fully saturated rings. The zero-order valence-corrected chi connectivity index (χ0v) is 16.3. The molecule has 0 spiro atoms. The van der Waals surface area contributed by atoms with Crippen LogP contribution in [0.25, 0.3) is 22.4 Å². The molecule has 0 bridgehead atoms. The van der Waals surface area contributed by atoms with E-state index in [0.29, 0.717) is 6.54 Å². The molecule has 0 atom stereocenters. The average Bonchev–Trinajstić information content (AvgIpc) is 2.73. The molecule has 0 aliphatic carbocycles. The molecule has 1 N–H and O–H groups in total. The van der Waals surface area contributed by atoms with Gasteiger partial charge in [0.1, 0.15) is 12.4 Å². The van der Waals surface area contributed by atoms with E-state index in [1.54, 1.807) is 12.4 Å². The molecule has 0 saturated heterocycles. The first kappa shape index (κ1) is 19.6. The van der Waals surface area contributed by atoms with Crippen LogP contribution in [0.15, 0.2) is 55.0 Å². The maximum Gasteiger partial charge on any atom is 0.246 e. The number of nitrogens with zero attached hydrogens (tertiary/aromatic N) is 3. The summed E-state index contributed by atoms with van der Waals surface area (Å²) >= 11 is 0. The van der Waals surface area contributed by atoms with Gasteiger partial charge >= 0.3 is 0 Å².